The van der Waals surface area contributed by atoms with E-state index < -0.39 is 11.5 Å². The van der Waals surface area contributed by atoms with E-state index in [2.05, 4.69) is 23.8 Å². The van der Waals surface area contributed by atoms with Gasteiger partial charge in [-0.1, -0.05) is 55.3 Å². The van der Waals surface area contributed by atoms with Crippen LogP contribution in [0.15, 0.2) is 55.6 Å². The Morgan fingerprint density at radius 2 is 1.71 bits per heavy atom. The fourth-order valence-corrected chi connectivity index (χ4v) is 4.38. The number of hydrogen-bond acceptors (Lipinski definition) is 5. The number of esters is 1. The zero-order chi connectivity index (χ0) is 24.8. The number of ether oxygens (including phenoxy) is 1. The molecule has 0 heterocycles. The van der Waals surface area contributed by atoms with Gasteiger partial charge in [-0.25, -0.2) is 0 Å². The number of benzene rings is 1. The highest BCUT2D eigenvalue weighted by Crippen LogP contribution is 2.29. The molecule has 0 radical (unpaired) electrons. The van der Waals surface area contributed by atoms with Crippen LogP contribution in [0.1, 0.15) is 50.5 Å². The lowest BCUT2D eigenvalue weighted by molar-refractivity contribution is -0.148. The fourth-order valence-electron chi connectivity index (χ4n) is 4.38. The zero-order valence-corrected chi connectivity index (χ0v) is 20.0. The summed E-state index contributed by atoms with van der Waals surface area (Å²) in [4.78, 5) is 37.7. The van der Waals surface area contributed by atoms with Crippen molar-refractivity contribution in [3.05, 3.63) is 61.2 Å². The average molecular weight is 471 g/mol. The maximum atomic E-state index is 12.6. The van der Waals surface area contributed by atoms with E-state index in [1.54, 1.807) is 12.2 Å². The van der Waals surface area contributed by atoms with Crippen molar-refractivity contribution in [2.24, 2.45) is 11.8 Å². The number of hydrogen-bond donors (Lipinski definition) is 3. The molecule has 34 heavy (non-hydrogen) atoms. The van der Waals surface area contributed by atoms with Crippen LogP contribution in [0.3, 0.4) is 0 Å². The first-order chi connectivity index (χ1) is 16.4. The Morgan fingerprint density at radius 1 is 1.06 bits per heavy atom. The van der Waals surface area contributed by atoms with Gasteiger partial charge in [0.1, 0.15) is 6.61 Å². The second-order valence-electron chi connectivity index (χ2n) is 8.99. The fraction of sp³-hybridized carbons (Fsp3) is 0.519. The molecule has 1 aliphatic carbocycles. The smallest absolute Gasteiger partial charge is 0.309 e. The summed E-state index contributed by atoms with van der Waals surface area (Å²) in [5, 5.41) is 15.4. The highest BCUT2D eigenvalue weighted by Gasteiger charge is 2.35. The maximum Gasteiger partial charge on any atom is 0.309 e. The van der Waals surface area contributed by atoms with E-state index in [1.165, 1.54) is 0 Å². The summed E-state index contributed by atoms with van der Waals surface area (Å²) in [7, 11) is 0. The normalized spacial score (nSPS) is 16.1. The second kappa shape index (κ2) is 14.4. The van der Waals surface area contributed by atoms with Gasteiger partial charge in [0, 0.05) is 6.42 Å². The number of rotatable bonds is 15. The van der Waals surface area contributed by atoms with Gasteiger partial charge in [0.25, 0.3) is 0 Å². The molecule has 1 aliphatic rings. The van der Waals surface area contributed by atoms with Gasteiger partial charge in [-0.05, 0) is 37.7 Å². The Morgan fingerprint density at radius 3 is 2.32 bits per heavy atom. The van der Waals surface area contributed by atoms with E-state index >= 15 is 0 Å². The van der Waals surface area contributed by atoms with Gasteiger partial charge in [-0.15, -0.1) is 13.2 Å². The molecule has 7 nitrogen and oxygen atoms in total. The van der Waals surface area contributed by atoms with Crippen LogP contribution in [-0.2, 0) is 25.5 Å². The maximum absolute atomic E-state index is 12.6. The molecule has 0 bridgehead atoms. The molecule has 0 spiro atoms. The molecule has 2 unspecified atom stereocenters. The number of aliphatic hydroxyl groups excluding tert-OH is 1. The van der Waals surface area contributed by atoms with Crippen LogP contribution < -0.4 is 10.6 Å². The summed E-state index contributed by atoms with van der Waals surface area (Å²) < 4.78 is 5.39. The third kappa shape index (κ3) is 8.78. The van der Waals surface area contributed by atoms with E-state index in [-0.39, 0.29) is 49.9 Å². The molecular weight excluding hydrogens is 432 g/mol. The number of amides is 2. The molecule has 1 saturated carbocycles. The van der Waals surface area contributed by atoms with Gasteiger partial charge in [0.05, 0.1) is 30.5 Å². The molecule has 3 N–H and O–H groups in total. The van der Waals surface area contributed by atoms with Gasteiger partial charge >= 0.3 is 5.97 Å². The van der Waals surface area contributed by atoms with E-state index in [1.807, 2.05) is 30.3 Å². The van der Waals surface area contributed by atoms with Gasteiger partial charge in [-0.2, -0.15) is 0 Å². The van der Waals surface area contributed by atoms with Crippen molar-refractivity contribution in [2.45, 2.75) is 56.9 Å². The predicted molar refractivity (Wildman–Crippen MR) is 132 cm³/mol. The summed E-state index contributed by atoms with van der Waals surface area (Å²) in [6.07, 6.45) is 8.17. The molecule has 2 amide bonds. The largest absolute Gasteiger partial charge is 0.464 e. The minimum Gasteiger partial charge on any atom is -0.464 e. The summed E-state index contributed by atoms with van der Waals surface area (Å²) in [6, 6.07) is 9.72. The van der Waals surface area contributed by atoms with Gasteiger partial charge in [0.15, 0.2) is 0 Å². The molecule has 1 fully saturated rings. The third-order valence-corrected chi connectivity index (χ3v) is 6.28. The molecule has 186 valence electrons. The lowest BCUT2D eigenvalue weighted by Crippen LogP contribution is -2.50. The molecule has 2 rings (SSSR count). The van der Waals surface area contributed by atoms with Gasteiger partial charge in [0.2, 0.25) is 11.8 Å². The highest BCUT2D eigenvalue weighted by molar-refractivity contribution is 5.86. The molecule has 0 aliphatic heterocycles. The summed E-state index contributed by atoms with van der Waals surface area (Å²) in [5.41, 5.74) is 0.480. The molecule has 1 aromatic rings. The third-order valence-electron chi connectivity index (χ3n) is 6.28. The first kappa shape index (κ1) is 27.3. The van der Waals surface area contributed by atoms with Crippen molar-refractivity contribution in [1.82, 2.24) is 10.6 Å². The van der Waals surface area contributed by atoms with Crippen molar-refractivity contribution in [3.63, 3.8) is 0 Å². The SMILES string of the molecule is C=CCC(CC(=O)NC1(CO)CCCC1)C(=O)NCCOC(=O)C(CC=C)Cc1ccccc1. The van der Waals surface area contributed by atoms with Crippen molar-refractivity contribution in [3.8, 4) is 0 Å². The van der Waals surface area contributed by atoms with E-state index in [0.717, 1.165) is 31.2 Å². The molecule has 0 saturated heterocycles. The van der Waals surface area contributed by atoms with Crippen molar-refractivity contribution in [2.75, 3.05) is 19.8 Å². The lowest BCUT2D eigenvalue weighted by Gasteiger charge is -2.28. The van der Waals surface area contributed by atoms with Crippen LogP contribution in [0, 0.1) is 11.8 Å². The van der Waals surface area contributed by atoms with Gasteiger partial charge in [-0.3, -0.25) is 14.4 Å². The summed E-state index contributed by atoms with van der Waals surface area (Å²) >= 11 is 0. The van der Waals surface area contributed by atoms with Gasteiger partial charge < -0.3 is 20.5 Å². The lowest BCUT2D eigenvalue weighted by atomic mass is 9.95. The standard InChI is InChI=1S/C27H38N2O5/c1-3-10-22(19-24(31)29-27(20-30)14-8-9-15-27)25(32)28-16-17-34-26(33)23(11-4-2)18-21-12-6-5-7-13-21/h3-7,12-13,22-23,30H,1-2,8-11,14-20H2,(H,28,32)(H,29,31). The minimum absolute atomic E-state index is 0.0118. The summed E-state index contributed by atoms with van der Waals surface area (Å²) in [6.45, 7) is 7.52. The number of carbonyl (C=O) groups excluding carboxylic acids is 3. The monoisotopic (exact) mass is 470 g/mol. The Kier molecular flexibility index (Phi) is 11.5. The average Bonchev–Trinajstić information content (AvgIpc) is 3.30. The molecule has 2 atom stereocenters. The van der Waals surface area contributed by atoms with Crippen LogP contribution in [0.5, 0.6) is 0 Å². The Balaban J connectivity index is 1.79. The van der Waals surface area contributed by atoms with Crippen LogP contribution in [0.2, 0.25) is 0 Å². The van der Waals surface area contributed by atoms with Crippen LogP contribution >= 0.6 is 0 Å². The predicted octanol–water partition coefficient (Wildman–Crippen LogP) is 3.08. The number of nitrogens with one attached hydrogen (secondary N) is 2. The molecule has 7 heteroatoms. The van der Waals surface area contributed by atoms with Crippen molar-refractivity contribution < 1.29 is 24.2 Å². The van der Waals surface area contributed by atoms with E-state index in [9.17, 15) is 19.5 Å². The highest BCUT2D eigenvalue weighted by atomic mass is 16.5. The van der Waals surface area contributed by atoms with E-state index in [0.29, 0.717) is 19.3 Å². The second-order valence-corrected chi connectivity index (χ2v) is 8.99. The first-order valence-corrected chi connectivity index (χ1v) is 12.0. The molecule has 1 aromatic carbocycles. The van der Waals surface area contributed by atoms with Crippen LogP contribution in [0.4, 0.5) is 0 Å². The Bertz CT molecular complexity index is 818. The quantitative estimate of drug-likeness (QED) is 0.208. The van der Waals surface area contributed by atoms with Crippen molar-refractivity contribution in [1.29, 1.82) is 0 Å². The molecular formula is C27H38N2O5. The zero-order valence-electron chi connectivity index (χ0n) is 20.0. The Hall–Kier alpha value is -2.93. The summed E-state index contributed by atoms with van der Waals surface area (Å²) in [5.74, 6) is -1.77. The molecule has 0 aromatic heterocycles. The van der Waals surface area contributed by atoms with E-state index in [4.69, 9.17) is 4.74 Å². The van der Waals surface area contributed by atoms with Crippen LogP contribution in [0.25, 0.3) is 0 Å². The topological polar surface area (TPSA) is 105 Å². The van der Waals surface area contributed by atoms with Crippen LogP contribution in [-0.4, -0.2) is 48.2 Å². The minimum atomic E-state index is -0.572. The Labute approximate surface area is 202 Å². The van der Waals surface area contributed by atoms with Crippen molar-refractivity contribution >= 4 is 17.8 Å². The number of allylic oxidation sites excluding steroid dienone is 2. The first-order valence-electron chi connectivity index (χ1n) is 12.0. The number of carbonyl (C=O) groups is 3. The number of aliphatic hydroxyl groups is 1.